The zero-order valence-corrected chi connectivity index (χ0v) is 12.5. The highest BCUT2D eigenvalue weighted by atomic mass is 16.6. The summed E-state index contributed by atoms with van der Waals surface area (Å²) in [6.07, 6.45) is -0.703. The number of carboxylic acid groups (broad SMARTS) is 2. The lowest BCUT2D eigenvalue weighted by Crippen LogP contribution is -2.38. The molecule has 118 valence electrons. The van der Waals surface area contributed by atoms with Crippen LogP contribution in [-0.2, 0) is 14.3 Å². The van der Waals surface area contributed by atoms with Crippen molar-refractivity contribution in [2.75, 3.05) is 0 Å². The number of nitrogens with one attached hydrogen (secondary N) is 1. The van der Waals surface area contributed by atoms with Crippen LogP contribution < -0.4 is 11.1 Å². The highest BCUT2D eigenvalue weighted by Crippen LogP contribution is 2.06. The molecule has 0 fully saturated rings. The summed E-state index contributed by atoms with van der Waals surface area (Å²) in [6, 6.07) is -1.16. The van der Waals surface area contributed by atoms with Crippen LogP contribution in [0.5, 0.6) is 0 Å². The van der Waals surface area contributed by atoms with E-state index in [1.807, 2.05) is 0 Å². The lowest BCUT2D eigenvalue weighted by Gasteiger charge is -2.21. The van der Waals surface area contributed by atoms with E-state index in [0.717, 1.165) is 0 Å². The fourth-order valence-electron chi connectivity index (χ4n) is 0.822. The summed E-state index contributed by atoms with van der Waals surface area (Å²) in [7, 11) is 0. The molecule has 5 N–H and O–H groups in total. The molecule has 0 rings (SSSR count). The molecule has 8 nitrogen and oxygen atoms in total. The number of ether oxygens (including phenoxy) is 1. The molecule has 0 saturated carbocycles. The minimum absolute atomic E-state index is 0.112. The van der Waals surface area contributed by atoms with Gasteiger partial charge in [-0.1, -0.05) is 0 Å². The van der Waals surface area contributed by atoms with Crippen molar-refractivity contribution in [2.24, 2.45) is 5.73 Å². The van der Waals surface area contributed by atoms with Crippen molar-refractivity contribution in [3.05, 3.63) is 0 Å². The Kier molecular flexibility index (Phi) is 9.36. The summed E-state index contributed by atoms with van der Waals surface area (Å²) in [5.41, 5.74) is 4.27. The second-order valence-electron chi connectivity index (χ2n) is 5.27. The monoisotopic (exact) mass is 292 g/mol. The molecule has 0 unspecified atom stereocenters. The number of hydrogen-bond donors (Lipinski definition) is 4. The summed E-state index contributed by atoms with van der Waals surface area (Å²) in [5, 5.41) is 18.7. The van der Waals surface area contributed by atoms with Gasteiger partial charge in [0.2, 0.25) is 0 Å². The van der Waals surface area contributed by atoms with Crippen molar-refractivity contribution in [1.82, 2.24) is 5.32 Å². The van der Waals surface area contributed by atoms with Crippen molar-refractivity contribution in [3.8, 4) is 0 Å². The second-order valence-corrected chi connectivity index (χ2v) is 5.27. The smallest absolute Gasteiger partial charge is 0.407 e. The lowest BCUT2D eigenvalue weighted by molar-refractivity contribution is -0.138. The van der Waals surface area contributed by atoms with Gasteiger partial charge < -0.3 is 26.0 Å². The van der Waals surface area contributed by atoms with Crippen LogP contribution in [0, 0.1) is 0 Å². The average molecular weight is 292 g/mol. The molecule has 0 aromatic rings. The maximum Gasteiger partial charge on any atom is 0.407 e. The number of rotatable bonds is 4. The SMILES string of the molecule is C[C@H](CC(=O)O)NC(=O)OC(C)(C)C.C[C@H](N)C(=O)O. The summed E-state index contributed by atoms with van der Waals surface area (Å²) < 4.78 is 4.95. The predicted octanol–water partition coefficient (Wildman–Crippen LogP) is 0.793. The number of nitrogens with two attached hydrogens (primary N) is 1. The molecule has 0 aliphatic heterocycles. The predicted molar refractivity (Wildman–Crippen MR) is 72.4 cm³/mol. The highest BCUT2D eigenvalue weighted by molar-refractivity contribution is 5.72. The van der Waals surface area contributed by atoms with E-state index in [0.29, 0.717) is 0 Å². The van der Waals surface area contributed by atoms with Gasteiger partial charge in [-0.25, -0.2) is 4.79 Å². The first-order valence-corrected chi connectivity index (χ1v) is 6.05. The largest absolute Gasteiger partial charge is 0.481 e. The third-order valence-corrected chi connectivity index (χ3v) is 1.63. The fourth-order valence-corrected chi connectivity index (χ4v) is 0.822. The molecule has 0 aromatic carbocycles. The van der Waals surface area contributed by atoms with Crippen molar-refractivity contribution in [3.63, 3.8) is 0 Å². The molecule has 0 bridgehead atoms. The first kappa shape index (κ1) is 20.5. The Morgan fingerprint density at radius 2 is 1.60 bits per heavy atom. The van der Waals surface area contributed by atoms with Crippen molar-refractivity contribution >= 4 is 18.0 Å². The first-order chi connectivity index (χ1) is 8.85. The third kappa shape index (κ3) is 16.2. The van der Waals surface area contributed by atoms with Crippen LogP contribution >= 0.6 is 0 Å². The normalized spacial score (nSPS) is 13.3. The van der Waals surface area contributed by atoms with Crippen LogP contribution in [0.2, 0.25) is 0 Å². The molecule has 0 radical (unpaired) electrons. The van der Waals surface area contributed by atoms with E-state index in [1.165, 1.54) is 6.92 Å². The maximum atomic E-state index is 11.1. The standard InChI is InChI=1S/C9H17NO4.C3H7NO2/c1-6(5-7(11)12)10-8(13)14-9(2,3)4;1-2(4)3(5)6/h6H,5H2,1-4H3,(H,10,13)(H,11,12);2H,4H2,1H3,(H,5,6)/t6-;2-/m10/s1. The van der Waals surface area contributed by atoms with Crippen LogP contribution in [-0.4, -0.2) is 45.9 Å². The minimum atomic E-state index is -0.963. The molecule has 0 aliphatic rings. The van der Waals surface area contributed by atoms with Gasteiger partial charge in [0.1, 0.15) is 11.6 Å². The number of carbonyl (C=O) groups is 3. The molecule has 0 saturated heterocycles. The Balaban J connectivity index is 0. The topological polar surface area (TPSA) is 139 Å². The van der Waals surface area contributed by atoms with Crippen molar-refractivity contribution in [1.29, 1.82) is 0 Å². The molecule has 2 atom stereocenters. The van der Waals surface area contributed by atoms with Gasteiger partial charge in [0.25, 0.3) is 0 Å². The molecular weight excluding hydrogens is 268 g/mol. The molecule has 0 spiro atoms. The zero-order chi connectivity index (χ0) is 16.5. The zero-order valence-electron chi connectivity index (χ0n) is 12.5. The summed E-state index contributed by atoms with van der Waals surface area (Å²) >= 11 is 0. The average Bonchev–Trinajstić information content (AvgIpc) is 2.12. The highest BCUT2D eigenvalue weighted by Gasteiger charge is 2.18. The van der Waals surface area contributed by atoms with Crippen LogP contribution in [0.15, 0.2) is 0 Å². The fraction of sp³-hybridized carbons (Fsp3) is 0.750. The molecular formula is C12H24N2O6. The van der Waals surface area contributed by atoms with E-state index in [9.17, 15) is 14.4 Å². The van der Waals surface area contributed by atoms with Gasteiger partial charge >= 0.3 is 18.0 Å². The summed E-state index contributed by atoms with van der Waals surface area (Å²) in [6.45, 7) is 8.26. The van der Waals surface area contributed by atoms with Crippen LogP contribution in [0.3, 0.4) is 0 Å². The summed E-state index contributed by atoms with van der Waals surface area (Å²) in [4.78, 5) is 31.0. The Morgan fingerprint density at radius 1 is 1.20 bits per heavy atom. The number of aliphatic carboxylic acids is 2. The van der Waals surface area contributed by atoms with Gasteiger partial charge in [-0.15, -0.1) is 0 Å². The molecule has 8 heteroatoms. The summed E-state index contributed by atoms with van der Waals surface area (Å²) in [5.74, 6) is -1.91. The van der Waals surface area contributed by atoms with E-state index >= 15 is 0 Å². The van der Waals surface area contributed by atoms with Gasteiger partial charge in [-0.05, 0) is 34.6 Å². The van der Waals surface area contributed by atoms with E-state index in [2.05, 4.69) is 5.32 Å². The van der Waals surface area contributed by atoms with E-state index in [-0.39, 0.29) is 6.42 Å². The Morgan fingerprint density at radius 3 is 1.85 bits per heavy atom. The Labute approximate surface area is 118 Å². The molecule has 0 aliphatic carbocycles. The number of carboxylic acids is 2. The van der Waals surface area contributed by atoms with Crippen LogP contribution in [0.25, 0.3) is 0 Å². The van der Waals surface area contributed by atoms with Crippen molar-refractivity contribution < 1.29 is 29.3 Å². The third-order valence-electron chi connectivity index (χ3n) is 1.63. The van der Waals surface area contributed by atoms with Crippen LogP contribution in [0.4, 0.5) is 4.79 Å². The minimum Gasteiger partial charge on any atom is -0.481 e. The first-order valence-electron chi connectivity index (χ1n) is 6.05. The Bertz CT molecular complexity index is 335. The molecule has 20 heavy (non-hydrogen) atoms. The van der Waals surface area contributed by atoms with E-state index in [1.54, 1.807) is 27.7 Å². The second kappa shape index (κ2) is 9.13. The quantitative estimate of drug-likeness (QED) is 0.600. The molecule has 0 heterocycles. The lowest BCUT2D eigenvalue weighted by atomic mass is 10.2. The Hall–Kier alpha value is -1.83. The van der Waals surface area contributed by atoms with E-state index < -0.39 is 35.7 Å². The molecule has 0 aromatic heterocycles. The maximum absolute atomic E-state index is 11.1. The number of carbonyl (C=O) groups excluding carboxylic acids is 1. The van der Waals surface area contributed by atoms with Gasteiger partial charge in [-0.2, -0.15) is 0 Å². The van der Waals surface area contributed by atoms with Gasteiger partial charge in [0, 0.05) is 6.04 Å². The van der Waals surface area contributed by atoms with E-state index in [4.69, 9.17) is 20.7 Å². The number of amides is 1. The van der Waals surface area contributed by atoms with Gasteiger partial charge in [0.15, 0.2) is 0 Å². The van der Waals surface area contributed by atoms with Crippen molar-refractivity contribution in [2.45, 2.75) is 58.7 Å². The van der Waals surface area contributed by atoms with Crippen LogP contribution in [0.1, 0.15) is 41.0 Å². The molecule has 1 amide bonds. The van der Waals surface area contributed by atoms with Gasteiger partial charge in [0.05, 0.1) is 6.42 Å². The number of hydrogen-bond acceptors (Lipinski definition) is 5. The van der Waals surface area contributed by atoms with Gasteiger partial charge in [-0.3, -0.25) is 9.59 Å². The number of alkyl carbamates (subject to hydrolysis) is 1.